The lowest BCUT2D eigenvalue weighted by molar-refractivity contribution is -0.140. The van der Waals surface area contributed by atoms with Gasteiger partial charge in [-0.25, -0.2) is 9.80 Å². The molecule has 0 unspecified atom stereocenters. The van der Waals surface area contributed by atoms with E-state index in [-0.39, 0.29) is 24.5 Å². The van der Waals surface area contributed by atoms with E-state index in [1.165, 1.54) is 5.01 Å². The molecule has 3 rings (SSSR count). The van der Waals surface area contributed by atoms with Crippen LogP contribution in [0, 0.1) is 0 Å². The Morgan fingerprint density at radius 2 is 1.78 bits per heavy atom. The zero-order chi connectivity index (χ0) is 19.2. The van der Waals surface area contributed by atoms with E-state index in [4.69, 9.17) is 4.74 Å². The first-order valence-corrected chi connectivity index (χ1v) is 9.01. The van der Waals surface area contributed by atoms with Crippen LogP contribution in [0.3, 0.4) is 0 Å². The third-order valence-electron chi connectivity index (χ3n) is 3.75. The number of esters is 1. The molecule has 27 heavy (non-hydrogen) atoms. The highest BCUT2D eigenvalue weighted by Crippen LogP contribution is 2.21. The van der Waals surface area contributed by atoms with Crippen molar-refractivity contribution < 1.29 is 19.1 Å². The standard InChI is InChI=1S/C19H16BrN3O4/c20-14-8-4-5-9-15(14)21-17(24)12-27-19(26)16-10-11-18(25)23(22-16)13-6-2-1-3-7-13/h1-9H,10-12H2,(H,21,24). The molecule has 0 aliphatic carbocycles. The summed E-state index contributed by atoms with van der Waals surface area (Å²) in [7, 11) is 0. The van der Waals surface area contributed by atoms with Crippen molar-refractivity contribution in [3.8, 4) is 0 Å². The lowest BCUT2D eigenvalue weighted by Gasteiger charge is -2.22. The Labute approximate surface area is 164 Å². The molecule has 0 spiro atoms. The monoisotopic (exact) mass is 429 g/mol. The van der Waals surface area contributed by atoms with Crippen molar-refractivity contribution in [2.45, 2.75) is 12.8 Å². The second-order valence-electron chi connectivity index (χ2n) is 5.69. The van der Waals surface area contributed by atoms with Gasteiger partial charge in [0, 0.05) is 17.3 Å². The molecule has 8 heteroatoms. The molecule has 0 radical (unpaired) electrons. The molecular formula is C19H16BrN3O4. The van der Waals surface area contributed by atoms with Gasteiger partial charge in [0.25, 0.3) is 5.91 Å². The lowest BCUT2D eigenvalue weighted by Crippen LogP contribution is -2.35. The average molecular weight is 430 g/mol. The highest BCUT2D eigenvalue weighted by Gasteiger charge is 2.26. The fraction of sp³-hybridized carbons (Fsp3) is 0.158. The summed E-state index contributed by atoms with van der Waals surface area (Å²) in [5.41, 5.74) is 1.25. The predicted octanol–water partition coefficient (Wildman–Crippen LogP) is 3.11. The van der Waals surface area contributed by atoms with Crippen LogP contribution in [0.2, 0.25) is 0 Å². The number of hydrogen-bond donors (Lipinski definition) is 1. The molecule has 2 amide bonds. The van der Waals surface area contributed by atoms with E-state index >= 15 is 0 Å². The van der Waals surface area contributed by atoms with Crippen LogP contribution in [0.25, 0.3) is 0 Å². The molecule has 2 aromatic rings. The predicted molar refractivity (Wildman–Crippen MR) is 104 cm³/mol. The minimum atomic E-state index is -0.717. The van der Waals surface area contributed by atoms with Gasteiger partial charge in [-0.15, -0.1) is 0 Å². The zero-order valence-corrected chi connectivity index (χ0v) is 15.8. The maximum absolute atomic E-state index is 12.2. The number of hydrazone groups is 1. The van der Waals surface area contributed by atoms with Crippen molar-refractivity contribution in [2.24, 2.45) is 5.10 Å². The van der Waals surface area contributed by atoms with Crippen molar-refractivity contribution in [3.05, 3.63) is 59.1 Å². The summed E-state index contributed by atoms with van der Waals surface area (Å²) >= 11 is 3.32. The molecule has 0 aromatic heterocycles. The van der Waals surface area contributed by atoms with Gasteiger partial charge in [-0.1, -0.05) is 30.3 Å². The average Bonchev–Trinajstić information content (AvgIpc) is 2.69. The number of carbonyl (C=O) groups excluding carboxylic acids is 3. The van der Waals surface area contributed by atoms with Gasteiger partial charge in [0.15, 0.2) is 6.61 Å². The van der Waals surface area contributed by atoms with E-state index in [0.29, 0.717) is 11.4 Å². The summed E-state index contributed by atoms with van der Waals surface area (Å²) in [6, 6.07) is 15.9. The molecule has 0 saturated carbocycles. The van der Waals surface area contributed by atoms with Gasteiger partial charge in [-0.2, -0.15) is 5.10 Å². The quantitative estimate of drug-likeness (QED) is 0.739. The van der Waals surface area contributed by atoms with Gasteiger partial charge in [-0.05, 0) is 40.2 Å². The van der Waals surface area contributed by atoms with Crippen LogP contribution in [0.1, 0.15) is 12.8 Å². The van der Waals surface area contributed by atoms with Crippen LogP contribution in [-0.4, -0.2) is 30.1 Å². The molecule has 0 fully saturated rings. The Kier molecular flexibility index (Phi) is 5.97. The lowest BCUT2D eigenvalue weighted by atomic mass is 10.1. The van der Waals surface area contributed by atoms with Crippen LogP contribution in [0.4, 0.5) is 11.4 Å². The summed E-state index contributed by atoms with van der Waals surface area (Å²) in [5, 5.41) is 7.92. The van der Waals surface area contributed by atoms with Crippen LogP contribution in [-0.2, 0) is 19.1 Å². The number of amides is 2. The van der Waals surface area contributed by atoms with E-state index in [1.54, 1.807) is 42.5 Å². The van der Waals surface area contributed by atoms with Gasteiger partial charge in [0.2, 0.25) is 5.91 Å². The molecular weight excluding hydrogens is 414 g/mol. The van der Waals surface area contributed by atoms with Crippen molar-refractivity contribution >= 4 is 50.8 Å². The number of nitrogens with zero attached hydrogens (tertiary/aromatic N) is 2. The number of ether oxygens (including phenoxy) is 1. The number of rotatable bonds is 5. The molecule has 1 heterocycles. The fourth-order valence-corrected chi connectivity index (χ4v) is 2.82. The zero-order valence-electron chi connectivity index (χ0n) is 14.2. The number of benzene rings is 2. The summed E-state index contributed by atoms with van der Waals surface area (Å²) < 4.78 is 5.76. The molecule has 1 aliphatic rings. The van der Waals surface area contributed by atoms with Gasteiger partial charge < -0.3 is 10.1 Å². The normalized spacial score (nSPS) is 13.7. The Hall–Kier alpha value is -3.00. The fourth-order valence-electron chi connectivity index (χ4n) is 2.43. The number of para-hydroxylation sites is 2. The summed E-state index contributed by atoms with van der Waals surface area (Å²) in [4.78, 5) is 36.3. The summed E-state index contributed by atoms with van der Waals surface area (Å²) in [6.07, 6.45) is 0.318. The van der Waals surface area contributed by atoms with Crippen molar-refractivity contribution in [1.29, 1.82) is 0 Å². The molecule has 0 bridgehead atoms. The first kappa shape index (κ1) is 18.8. The van der Waals surface area contributed by atoms with Crippen molar-refractivity contribution in [1.82, 2.24) is 0 Å². The number of hydrogen-bond acceptors (Lipinski definition) is 5. The third kappa shape index (κ3) is 4.79. The van der Waals surface area contributed by atoms with Crippen molar-refractivity contribution in [3.63, 3.8) is 0 Å². The van der Waals surface area contributed by atoms with E-state index in [0.717, 1.165) is 4.47 Å². The summed E-state index contributed by atoms with van der Waals surface area (Å²) in [6.45, 7) is -0.446. The molecule has 0 atom stereocenters. The SMILES string of the molecule is O=C(COC(=O)C1=NN(c2ccccc2)C(=O)CC1)Nc1ccccc1Br. The molecule has 1 aliphatic heterocycles. The van der Waals surface area contributed by atoms with Gasteiger partial charge >= 0.3 is 5.97 Å². The van der Waals surface area contributed by atoms with E-state index < -0.39 is 18.5 Å². The second kappa shape index (κ2) is 8.59. The maximum atomic E-state index is 12.2. The van der Waals surface area contributed by atoms with Crippen LogP contribution in [0.15, 0.2) is 64.2 Å². The first-order chi connectivity index (χ1) is 13.0. The highest BCUT2D eigenvalue weighted by atomic mass is 79.9. The van der Waals surface area contributed by atoms with Crippen LogP contribution >= 0.6 is 15.9 Å². The number of anilines is 2. The first-order valence-electron chi connectivity index (χ1n) is 8.21. The van der Waals surface area contributed by atoms with Crippen LogP contribution in [0.5, 0.6) is 0 Å². The number of carbonyl (C=O) groups is 3. The van der Waals surface area contributed by atoms with Crippen LogP contribution < -0.4 is 10.3 Å². The minimum Gasteiger partial charge on any atom is -0.451 e. The summed E-state index contributed by atoms with van der Waals surface area (Å²) in [5.74, 6) is -1.39. The minimum absolute atomic E-state index is 0.104. The van der Waals surface area contributed by atoms with Gasteiger partial charge in [-0.3, -0.25) is 9.59 Å². The smallest absolute Gasteiger partial charge is 0.355 e. The molecule has 138 valence electrons. The molecule has 2 aromatic carbocycles. The highest BCUT2D eigenvalue weighted by molar-refractivity contribution is 9.10. The second-order valence-corrected chi connectivity index (χ2v) is 6.55. The Balaban J connectivity index is 1.61. The Morgan fingerprint density at radius 3 is 2.52 bits per heavy atom. The maximum Gasteiger partial charge on any atom is 0.355 e. The Morgan fingerprint density at radius 1 is 1.07 bits per heavy atom. The van der Waals surface area contributed by atoms with E-state index in [1.807, 2.05) is 12.1 Å². The molecule has 7 nitrogen and oxygen atoms in total. The number of nitrogens with one attached hydrogen (secondary N) is 1. The van der Waals surface area contributed by atoms with Gasteiger partial charge in [0.05, 0.1) is 11.4 Å². The van der Waals surface area contributed by atoms with E-state index in [9.17, 15) is 14.4 Å². The largest absolute Gasteiger partial charge is 0.451 e. The van der Waals surface area contributed by atoms with Crippen molar-refractivity contribution in [2.75, 3.05) is 16.9 Å². The molecule has 0 saturated heterocycles. The number of halogens is 1. The van der Waals surface area contributed by atoms with E-state index in [2.05, 4.69) is 26.3 Å². The Bertz CT molecular complexity index is 899. The molecule has 1 N–H and O–H groups in total. The third-order valence-corrected chi connectivity index (χ3v) is 4.44. The topological polar surface area (TPSA) is 88.1 Å². The van der Waals surface area contributed by atoms with Gasteiger partial charge in [0.1, 0.15) is 5.71 Å².